The number of nitrogens with zero attached hydrogens (tertiary/aromatic N) is 2. The lowest BCUT2D eigenvalue weighted by atomic mass is 10.0. The standard InChI is InChI=1S/C14H19N3O3/c1-9(2)12-4-3-5-17(12)14(20)16-11-6-10(13(18)19)7-15-8-11/h6-9,12H,3-5H2,1-2H3,(H,16,20)(H,18,19). The van der Waals surface area contributed by atoms with Crippen LogP contribution in [-0.2, 0) is 0 Å². The van der Waals surface area contributed by atoms with E-state index in [0.717, 1.165) is 19.4 Å². The molecule has 2 heterocycles. The number of carboxylic acids is 1. The van der Waals surface area contributed by atoms with Crippen LogP contribution in [-0.4, -0.2) is 39.6 Å². The summed E-state index contributed by atoms with van der Waals surface area (Å²) in [6.45, 7) is 4.94. The van der Waals surface area contributed by atoms with Crippen molar-refractivity contribution in [2.75, 3.05) is 11.9 Å². The topological polar surface area (TPSA) is 82.5 Å². The van der Waals surface area contributed by atoms with Gasteiger partial charge in [0.05, 0.1) is 17.4 Å². The molecule has 2 rings (SSSR count). The summed E-state index contributed by atoms with van der Waals surface area (Å²) in [4.78, 5) is 28.8. The van der Waals surface area contributed by atoms with E-state index in [1.54, 1.807) is 0 Å². The van der Waals surface area contributed by atoms with Gasteiger partial charge in [0, 0.05) is 18.8 Å². The predicted molar refractivity (Wildman–Crippen MR) is 74.8 cm³/mol. The first-order valence-corrected chi connectivity index (χ1v) is 6.75. The molecular formula is C14H19N3O3. The van der Waals surface area contributed by atoms with Crippen LogP contribution in [0.3, 0.4) is 0 Å². The molecule has 1 unspecified atom stereocenters. The van der Waals surface area contributed by atoms with Gasteiger partial charge < -0.3 is 15.3 Å². The van der Waals surface area contributed by atoms with Gasteiger partial charge in [0.15, 0.2) is 0 Å². The van der Waals surface area contributed by atoms with Crippen LogP contribution in [0, 0.1) is 5.92 Å². The van der Waals surface area contributed by atoms with Gasteiger partial charge in [-0.15, -0.1) is 0 Å². The Hall–Kier alpha value is -2.11. The van der Waals surface area contributed by atoms with Gasteiger partial charge in [-0.25, -0.2) is 9.59 Å². The number of carboxylic acid groups (broad SMARTS) is 1. The van der Waals surface area contributed by atoms with E-state index in [9.17, 15) is 9.59 Å². The molecule has 1 fully saturated rings. The minimum atomic E-state index is -1.06. The second kappa shape index (κ2) is 5.90. The van der Waals surface area contributed by atoms with Gasteiger partial charge in [-0.3, -0.25) is 4.98 Å². The summed E-state index contributed by atoms with van der Waals surface area (Å²) in [5.74, 6) is -0.651. The fourth-order valence-corrected chi connectivity index (χ4v) is 2.56. The van der Waals surface area contributed by atoms with Gasteiger partial charge in [0.1, 0.15) is 0 Å². The Morgan fingerprint density at radius 2 is 2.20 bits per heavy atom. The highest BCUT2D eigenvalue weighted by Crippen LogP contribution is 2.24. The van der Waals surface area contributed by atoms with Crippen molar-refractivity contribution < 1.29 is 14.7 Å². The van der Waals surface area contributed by atoms with Crippen molar-refractivity contribution >= 4 is 17.7 Å². The minimum Gasteiger partial charge on any atom is -0.478 e. The average Bonchev–Trinajstić information content (AvgIpc) is 2.88. The van der Waals surface area contributed by atoms with Crippen LogP contribution in [0.25, 0.3) is 0 Å². The first-order chi connectivity index (χ1) is 9.49. The zero-order valence-electron chi connectivity index (χ0n) is 11.7. The fraction of sp³-hybridized carbons (Fsp3) is 0.500. The molecule has 20 heavy (non-hydrogen) atoms. The summed E-state index contributed by atoms with van der Waals surface area (Å²) >= 11 is 0. The van der Waals surface area contributed by atoms with Crippen LogP contribution in [0.2, 0.25) is 0 Å². The van der Waals surface area contributed by atoms with Crippen LogP contribution in [0.4, 0.5) is 10.5 Å². The number of carbonyl (C=O) groups excluding carboxylic acids is 1. The number of aromatic carboxylic acids is 1. The average molecular weight is 277 g/mol. The molecule has 1 atom stereocenters. The van der Waals surface area contributed by atoms with E-state index in [0.29, 0.717) is 11.6 Å². The van der Waals surface area contributed by atoms with Crippen molar-refractivity contribution in [2.45, 2.75) is 32.7 Å². The van der Waals surface area contributed by atoms with Gasteiger partial charge in [0.25, 0.3) is 0 Å². The van der Waals surface area contributed by atoms with E-state index in [1.807, 2.05) is 4.90 Å². The molecule has 1 aromatic heterocycles. The zero-order chi connectivity index (χ0) is 14.7. The quantitative estimate of drug-likeness (QED) is 0.889. The number of nitrogens with one attached hydrogen (secondary N) is 1. The third-order valence-electron chi connectivity index (χ3n) is 3.57. The highest BCUT2D eigenvalue weighted by atomic mass is 16.4. The zero-order valence-corrected chi connectivity index (χ0v) is 11.7. The second-order valence-electron chi connectivity index (χ2n) is 5.34. The molecule has 108 valence electrons. The van der Waals surface area contributed by atoms with Crippen LogP contribution in [0.15, 0.2) is 18.5 Å². The highest BCUT2D eigenvalue weighted by molar-refractivity contribution is 5.92. The molecular weight excluding hydrogens is 258 g/mol. The highest BCUT2D eigenvalue weighted by Gasteiger charge is 2.30. The number of aromatic nitrogens is 1. The minimum absolute atomic E-state index is 0.0598. The van der Waals surface area contributed by atoms with Gasteiger partial charge in [-0.05, 0) is 24.8 Å². The fourth-order valence-electron chi connectivity index (χ4n) is 2.56. The molecule has 1 aromatic rings. The molecule has 0 aromatic carbocycles. The molecule has 6 heteroatoms. The lowest BCUT2D eigenvalue weighted by Crippen LogP contribution is -2.41. The number of carbonyl (C=O) groups is 2. The molecule has 6 nitrogen and oxygen atoms in total. The summed E-state index contributed by atoms with van der Waals surface area (Å²) in [5, 5.41) is 11.6. The Bertz CT molecular complexity index is 516. The van der Waals surface area contributed by atoms with E-state index in [1.165, 1.54) is 18.5 Å². The number of pyridine rings is 1. The first kappa shape index (κ1) is 14.3. The Morgan fingerprint density at radius 3 is 2.85 bits per heavy atom. The number of anilines is 1. The lowest BCUT2D eigenvalue weighted by Gasteiger charge is -2.27. The van der Waals surface area contributed by atoms with Crippen molar-refractivity contribution in [2.24, 2.45) is 5.92 Å². The molecule has 0 spiro atoms. The number of urea groups is 1. The summed E-state index contributed by atoms with van der Waals surface area (Å²) in [5.41, 5.74) is 0.467. The van der Waals surface area contributed by atoms with E-state index in [2.05, 4.69) is 24.1 Å². The van der Waals surface area contributed by atoms with Crippen molar-refractivity contribution in [1.29, 1.82) is 0 Å². The molecule has 1 saturated heterocycles. The van der Waals surface area contributed by atoms with Crippen molar-refractivity contribution in [1.82, 2.24) is 9.88 Å². The SMILES string of the molecule is CC(C)C1CCCN1C(=O)Nc1cncc(C(=O)O)c1. The van der Waals surface area contributed by atoms with Crippen LogP contribution < -0.4 is 5.32 Å². The normalized spacial score (nSPS) is 18.4. The van der Waals surface area contributed by atoms with Crippen LogP contribution >= 0.6 is 0 Å². The monoisotopic (exact) mass is 277 g/mol. The third kappa shape index (κ3) is 3.07. The van der Waals surface area contributed by atoms with Gasteiger partial charge in [-0.1, -0.05) is 13.8 Å². The van der Waals surface area contributed by atoms with E-state index in [4.69, 9.17) is 5.11 Å². The number of hydrogen-bond acceptors (Lipinski definition) is 3. The Morgan fingerprint density at radius 1 is 1.45 bits per heavy atom. The van der Waals surface area contributed by atoms with Gasteiger partial charge in [-0.2, -0.15) is 0 Å². The summed E-state index contributed by atoms with van der Waals surface area (Å²) in [7, 11) is 0. The smallest absolute Gasteiger partial charge is 0.337 e. The van der Waals surface area contributed by atoms with Crippen molar-refractivity contribution in [3.8, 4) is 0 Å². The summed E-state index contributed by atoms with van der Waals surface area (Å²) < 4.78 is 0. The molecule has 1 aliphatic rings. The lowest BCUT2D eigenvalue weighted by molar-refractivity contribution is 0.0696. The maximum atomic E-state index is 12.3. The summed E-state index contributed by atoms with van der Waals surface area (Å²) in [6, 6.07) is 1.46. The predicted octanol–water partition coefficient (Wildman–Crippen LogP) is 2.43. The second-order valence-corrected chi connectivity index (χ2v) is 5.34. The molecule has 0 aliphatic carbocycles. The number of hydrogen-bond donors (Lipinski definition) is 2. The first-order valence-electron chi connectivity index (χ1n) is 6.75. The van der Waals surface area contributed by atoms with E-state index >= 15 is 0 Å². The van der Waals surface area contributed by atoms with Crippen molar-refractivity contribution in [3.63, 3.8) is 0 Å². The maximum Gasteiger partial charge on any atom is 0.337 e. The molecule has 2 N–H and O–H groups in total. The third-order valence-corrected chi connectivity index (χ3v) is 3.57. The Labute approximate surface area is 117 Å². The van der Waals surface area contributed by atoms with Gasteiger partial charge >= 0.3 is 12.0 Å². The Balaban J connectivity index is 2.08. The molecule has 0 saturated carbocycles. The Kier molecular flexibility index (Phi) is 4.22. The molecule has 0 bridgehead atoms. The largest absolute Gasteiger partial charge is 0.478 e. The van der Waals surface area contributed by atoms with Crippen LogP contribution in [0.1, 0.15) is 37.0 Å². The summed E-state index contributed by atoms with van der Waals surface area (Å²) in [6.07, 6.45) is 4.72. The van der Waals surface area contributed by atoms with E-state index < -0.39 is 5.97 Å². The van der Waals surface area contributed by atoms with Crippen LogP contribution in [0.5, 0.6) is 0 Å². The number of amides is 2. The number of rotatable bonds is 3. The molecule has 1 aliphatic heterocycles. The van der Waals surface area contributed by atoms with E-state index in [-0.39, 0.29) is 17.6 Å². The maximum absolute atomic E-state index is 12.3. The number of likely N-dealkylation sites (tertiary alicyclic amines) is 1. The molecule has 0 radical (unpaired) electrons. The molecule has 2 amide bonds. The van der Waals surface area contributed by atoms with Gasteiger partial charge in [0.2, 0.25) is 0 Å². The van der Waals surface area contributed by atoms with Crippen molar-refractivity contribution in [3.05, 3.63) is 24.0 Å².